The van der Waals surface area contributed by atoms with Crippen LogP contribution in [-0.4, -0.2) is 23.5 Å². The molecule has 0 fully saturated rings. The zero-order chi connectivity index (χ0) is 14.3. The minimum Gasteiger partial charge on any atom is -0.481 e. The van der Waals surface area contributed by atoms with Crippen LogP contribution in [0.2, 0.25) is 0 Å². The van der Waals surface area contributed by atoms with Crippen LogP contribution in [0.5, 0.6) is 0 Å². The summed E-state index contributed by atoms with van der Waals surface area (Å²) in [7, 11) is 0. The van der Waals surface area contributed by atoms with E-state index >= 15 is 0 Å². The van der Waals surface area contributed by atoms with E-state index in [9.17, 15) is 9.59 Å². The Morgan fingerprint density at radius 1 is 1.42 bits per heavy atom. The summed E-state index contributed by atoms with van der Waals surface area (Å²) in [5, 5.41) is 15.6. The van der Waals surface area contributed by atoms with Crippen LogP contribution in [0.25, 0.3) is 0 Å². The minimum absolute atomic E-state index is 0.00363. The second-order valence-corrected chi connectivity index (χ2v) is 5.99. The number of rotatable bonds is 8. The maximum atomic E-state index is 11.7. The number of aliphatic carboxylic acids is 1. The zero-order valence-corrected chi connectivity index (χ0v) is 12.2. The topological polar surface area (TPSA) is 66.4 Å². The Kier molecular flexibility index (Phi) is 6.56. The molecule has 0 aliphatic rings. The highest BCUT2D eigenvalue weighted by Crippen LogP contribution is 2.15. The molecule has 0 bridgehead atoms. The summed E-state index contributed by atoms with van der Waals surface area (Å²) in [6.45, 7) is 4.55. The van der Waals surface area contributed by atoms with Crippen molar-refractivity contribution < 1.29 is 14.7 Å². The summed E-state index contributed by atoms with van der Waals surface area (Å²) in [6.07, 6.45) is 1.28. The summed E-state index contributed by atoms with van der Waals surface area (Å²) in [4.78, 5) is 22.5. The molecule has 0 radical (unpaired) electrons. The molecule has 0 spiro atoms. The van der Waals surface area contributed by atoms with Crippen LogP contribution in [-0.2, 0) is 16.0 Å². The average Bonchev–Trinajstić information content (AvgIpc) is 2.77. The molecule has 106 valence electrons. The fraction of sp³-hybridized carbons (Fsp3) is 0.571. The van der Waals surface area contributed by atoms with Crippen molar-refractivity contribution in [3.05, 3.63) is 22.4 Å². The molecule has 0 saturated heterocycles. The lowest BCUT2D eigenvalue weighted by Gasteiger charge is -2.17. The van der Waals surface area contributed by atoms with Gasteiger partial charge in [-0.25, -0.2) is 0 Å². The van der Waals surface area contributed by atoms with Gasteiger partial charge >= 0.3 is 5.97 Å². The van der Waals surface area contributed by atoms with Crippen molar-refractivity contribution in [1.29, 1.82) is 0 Å². The number of amides is 1. The number of carbonyl (C=O) groups is 2. The van der Waals surface area contributed by atoms with Crippen LogP contribution in [0.4, 0.5) is 0 Å². The molecule has 1 atom stereocenters. The fourth-order valence-electron chi connectivity index (χ4n) is 2.05. The highest BCUT2D eigenvalue weighted by atomic mass is 32.1. The van der Waals surface area contributed by atoms with Gasteiger partial charge in [0.15, 0.2) is 0 Å². The molecule has 0 aliphatic carbocycles. The van der Waals surface area contributed by atoms with Crippen LogP contribution in [0, 0.1) is 11.8 Å². The molecular formula is C14H21NO3S. The standard InChI is InChI=1S/C14H21NO3S/c1-10(2)5-12(7-14(17)18)8-15-13(16)6-11-3-4-19-9-11/h3-4,9-10,12H,5-8H2,1-2H3,(H,15,16)(H,17,18)/t12-/m0/s1. The maximum Gasteiger partial charge on any atom is 0.303 e. The van der Waals surface area contributed by atoms with Crippen LogP contribution >= 0.6 is 11.3 Å². The van der Waals surface area contributed by atoms with E-state index in [4.69, 9.17) is 5.11 Å². The Balaban J connectivity index is 2.37. The van der Waals surface area contributed by atoms with Crippen molar-refractivity contribution in [1.82, 2.24) is 5.32 Å². The van der Waals surface area contributed by atoms with E-state index in [1.165, 1.54) is 0 Å². The smallest absolute Gasteiger partial charge is 0.303 e. The van der Waals surface area contributed by atoms with Crippen molar-refractivity contribution in [3.8, 4) is 0 Å². The number of carboxylic acid groups (broad SMARTS) is 1. The van der Waals surface area contributed by atoms with Crippen molar-refractivity contribution >= 4 is 23.2 Å². The highest BCUT2D eigenvalue weighted by Gasteiger charge is 2.16. The molecule has 5 heteroatoms. The molecule has 0 saturated carbocycles. The number of carbonyl (C=O) groups excluding carboxylic acids is 1. The normalized spacial score (nSPS) is 12.4. The van der Waals surface area contributed by atoms with Crippen LogP contribution in [0.1, 0.15) is 32.3 Å². The van der Waals surface area contributed by atoms with Crippen LogP contribution < -0.4 is 5.32 Å². The second kappa shape index (κ2) is 7.94. The molecule has 19 heavy (non-hydrogen) atoms. The molecule has 0 aromatic carbocycles. The van der Waals surface area contributed by atoms with Gasteiger partial charge in [-0.15, -0.1) is 0 Å². The first-order valence-electron chi connectivity index (χ1n) is 6.47. The maximum absolute atomic E-state index is 11.7. The summed E-state index contributed by atoms with van der Waals surface area (Å²) in [6, 6.07) is 1.92. The lowest BCUT2D eigenvalue weighted by Crippen LogP contribution is -2.32. The van der Waals surface area contributed by atoms with Gasteiger partial charge in [-0.2, -0.15) is 11.3 Å². The first-order valence-corrected chi connectivity index (χ1v) is 7.41. The lowest BCUT2D eigenvalue weighted by atomic mass is 9.94. The highest BCUT2D eigenvalue weighted by molar-refractivity contribution is 7.07. The van der Waals surface area contributed by atoms with Gasteiger partial charge in [0.25, 0.3) is 0 Å². The quantitative estimate of drug-likeness (QED) is 0.770. The fourth-order valence-corrected chi connectivity index (χ4v) is 2.72. The molecule has 1 rings (SSSR count). The van der Waals surface area contributed by atoms with E-state index in [1.54, 1.807) is 11.3 Å². The minimum atomic E-state index is -0.808. The monoisotopic (exact) mass is 283 g/mol. The Hall–Kier alpha value is -1.36. The van der Waals surface area contributed by atoms with E-state index < -0.39 is 5.97 Å². The van der Waals surface area contributed by atoms with E-state index in [0.717, 1.165) is 12.0 Å². The Bertz CT molecular complexity index is 401. The van der Waals surface area contributed by atoms with Gasteiger partial charge in [0.2, 0.25) is 5.91 Å². The van der Waals surface area contributed by atoms with Gasteiger partial charge in [0, 0.05) is 13.0 Å². The predicted octanol–water partition coefficient (Wildman–Crippen LogP) is 2.54. The van der Waals surface area contributed by atoms with Gasteiger partial charge in [0.1, 0.15) is 0 Å². The molecule has 0 unspecified atom stereocenters. The zero-order valence-electron chi connectivity index (χ0n) is 11.4. The van der Waals surface area contributed by atoms with E-state index in [-0.39, 0.29) is 18.2 Å². The molecule has 1 aromatic heterocycles. The van der Waals surface area contributed by atoms with Gasteiger partial charge < -0.3 is 10.4 Å². The second-order valence-electron chi connectivity index (χ2n) is 5.21. The average molecular weight is 283 g/mol. The first-order chi connectivity index (χ1) is 8.97. The largest absolute Gasteiger partial charge is 0.481 e. The van der Waals surface area contributed by atoms with Crippen molar-refractivity contribution in [2.45, 2.75) is 33.1 Å². The lowest BCUT2D eigenvalue weighted by molar-refractivity contribution is -0.138. The molecule has 1 amide bonds. The number of hydrogen-bond acceptors (Lipinski definition) is 3. The molecule has 1 aromatic rings. The molecular weight excluding hydrogens is 262 g/mol. The van der Waals surface area contributed by atoms with Gasteiger partial charge in [0.05, 0.1) is 6.42 Å². The Labute approximate surface area is 117 Å². The third-order valence-corrected chi connectivity index (χ3v) is 3.53. The van der Waals surface area contributed by atoms with E-state index in [0.29, 0.717) is 18.9 Å². The Morgan fingerprint density at radius 3 is 2.68 bits per heavy atom. The third kappa shape index (κ3) is 6.96. The van der Waals surface area contributed by atoms with Crippen LogP contribution in [0.3, 0.4) is 0 Å². The molecule has 4 nitrogen and oxygen atoms in total. The summed E-state index contributed by atoms with van der Waals surface area (Å²) >= 11 is 1.57. The molecule has 2 N–H and O–H groups in total. The first kappa shape index (κ1) is 15.7. The van der Waals surface area contributed by atoms with Gasteiger partial charge in [-0.3, -0.25) is 9.59 Å². The third-order valence-electron chi connectivity index (χ3n) is 2.80. The summed E-state index contributed by atoms with van der Waals surface area (Å²) in [5.41, 5.74) is 1.00. The van der Waals surface area contributed by atoms with Gasteiger partial charge in [-0.1, -0.05) is 13.8 Å². The SMILES string of the molecule is CC(C)C[C@H](CNC(=O)Cc1ccsc1)CC(=O)O. The summed E-state index contributed by atoms with van der Waals surface area (Å²) < 4.78 is 0. The number of carboxylic acids is 1. The van der Waals surface area contributed by atoms with Crippen LogP contribution in [0.15, 0.2) is 16.8 Å². The van der Waals surface area contributed by atoms with Crippen molar-refractivity contribution in [2.24, 2.45) is 11.8 Å². The van der Waals surface area contributed by atoms with E-state index in [1.807, 2.05) is 16.8 Å². The summed E-state index contributed by atoms with van der Waals surface area (Å²) in [5.74, 6) is -0.419. The van der Waals surface area contributed by atoms with Gasteiger partial charge in [-0.05, 0) is 40.6 Å². The Morgan fingerprint density at radius 2 is 2.16 bits per heavy atom. The van der Waals surface area contributed by atoms with E-state index in [2.05, 4.69) is 19.2 Å². The molecule has 0 aliphatic heterocycles. The number of nitrogens with one attached hydrogen (secondary N) is 1. The number of hydrogen-bond donors (Lipinski definition) is 2. The predicted molar refractivity (Wildman–Crippen MR) is 76.2 cm³/mol. The number of thiophene rings is 1. The molecule has 1 heterocycles. The van der Waals surface area contributed by atoms with Crippen molar-refractivity contribution in [2.75, 3.05) is 6.54 Å². The van der Waals surface area contributed by atoms with Crippen molar-refractivity contribution in [3.63, 3.8) is 0 Å².